The minimum absolute atomic E-state index is 0.216. The second kappa shape index (κ2) is 5.47. The van der Waals surface area contributed by atoms with Gasteiger partial charge < -0.3 is 4.42 Å². The molecule has 0 aliphatic rings. The maximum atomic E-state index is 11.2. The number of nitrogens with zero attached hydrogens (tertiary/aromatic N) is 2. The van der Waals surface area contributed by atoms with Crippen LogP contribution in [0.2, 0.25) is 0 Å². The van der Waals surface area contributed by atoms with Crippen molar-refractivity contribution in [1.82, 2.24) is 4.98 Å². The molecule has 0 fully saturated rings. The fraction of sp³-hybridized carbons (Fsp3) is 0.182. The van der Waals surface area contributed by atoms with Crippen LogP contribution in [-0.2, 0) is 10.0 Å². The number of nitrogens with two attached hydrogens (primary N) is 1. The predicted octanol–water partition coefficient (Wildman–Crippen LogP) is 2.00. The van der Waals surface area contributed by atoms with E-state index in [2.05, 4.69) is 4.98 Å². The molecule has 0 bridgehead atoms. The number of benzene rings is 1. The van der Waals surface area contributed by atoms with Crippen molar-refractivity contribution in [3.05, 3.63) is 39.8 Å². The average molecular weight is 329 g/mol. The Morgan fingerprint density at radius 2 is 2.05 bits per heavy atom. The molecule has 0 aliphatic heterocycles. The third-order valence-corrected chi connectivity index (χ3v) is 4.49. The number of nitro groups is 1. The first-order valence-electron chi connectivity index (χ1n) is 5.61. The molecule has 0 atom stereocenters. The van der Waals surface area contributed by atoms with E-state index in [9.17, 15) is 18.5 Å². The van der Waals surface area contributed by atoms with Gasteiger partial charge in [-0.2, -0.15) is 0 Å². The van der Waals surface area contributed by atoms with Crippen LogP contribution >= 0.6 is 11.8 Å². The van der Waals surface area contributed by atoms with Gasteiger partial charge in [-0.1, -0.05) is 0 Å². The summed E-state index contributed by atoms with van der Waals surface area (Å²) in [7, 11) is -4.00. The number of aromatic nitrogens is 1. The number of aryl methyl sites for hydroxylation is 2. The van der Waals surface area contributed by atoms with Gasteiger partial charge in [0.1, 0.15) is 5.76 Å². The highest BCUT2D eigenvalue weighted by Crippen LogP contribution is 2.36. The van der Waals surface area contributed by atoms with Crippen molar-refractivity contribution >= 4 is 27.5 Å². The quantitative estimate of drug-likeness (QED) is 0.670. The van der Waals surface area contributed by atoms with Crippen LogP contribution < -0.4 is 5.14 Å². The van der Waals surface area contributed by atoms with Gasteiger partial charge in [0.2, 0.25) is 10.0 Å². The monoisotopic (exact) mass is 329 g/mol. The standard InChI is InChI=1S/C11H11N3O5S2/c1-6-7(2)19-11(13-6)20-10-4-3-8(21(12,17)18)5-9(10)14(15)16/h3-5H,1-2H3,(H2,12,17,18). The Morgan fingerprint density at radius 1 is 1.38 bits per heavy atom. The van der Waals surface area contributed by atoms with E-state index in [1.54, 1.807) is 13.8 Å². The summed E-state index contributed by atoms with van der Waals surface area (Å²) < 4.78 is 27.8. The van der Waals surface area contributed by atoms with Crippen molar-refractivity contribution in [3.8, 4) is 0 Å². The summed E-state index contributed by atoms with van der Waals surface area (Å²) in [6.07, 6.45) is 0. The normalized spacial score (nSPS) is 11.6. The lowest BCUT2D eigenvalue weighted by Crippen LogP contribution is -2.12. The minimum Gasteiger partial charge on any atom is -0.436 e. The number of sulfonamides is 1. The van der Waals surface area contributed by atoms with Crippen molar-refractivity contribution in [1.29, 1.82) is 0 Å². The van der Waals surface area contributed by atoms with Gasteiger partial charge in [0, 0.05) is 6.07 Å². The molecule has 1 aromatic carbocycles. The second-order valence-electron chi connectivity index (χ2n) is 4.16. The van der Waals surface area contributed by atoms with Gasteiger partial charge in [-0.05, 0) is 37.7 Å². The molecule has 0 radical (unpaired) electrons. The van der Waals surface area contributed by atoms with Crippen molar-refractivity contribution in [3.63, 3.8) is 0 Å². The lowest BCUT2D eigenvalue weighted by atomic mass is 10.3. The van der Waals surface area contributed by atoms with Gasteiger partial charge in [0.05, 0.1) is 20.4 Å². The molecule has 0 saturated heterocycles. The van der Waals surface area contributed by atoms with E-state index < -0.39 is 14.9 Å². The first-order chi connectivity index (χ1) is 9.68. The van der Waals surface area contributed by atoms with Crippen LogP contribution in [0.5, 0.6) is 0 Å². The van der Waals surface area contributed by atoms with E-state index in [4.69, 9.17) is 9.56 Å². The highest BCUT2D eigenvalue weighted by molar-refractivity contribution is 7.99. The molecule has 0 spiro atoms. The Labute approximate surface area is 124 Å². The molecule has 2 N–H and O–H groups in total. The molecule has 0 unspecified atom stereocenters. The Hall–Kier alpha value is -1.91. The zero-order valence-electron chi connectivity index (χ0n) is 11.1. The van der Waals surface area contributed by atoms with Crippen molar-refractivity contribution < 1.29 is 17.8 Å². The van der Waals surface area contributed by atoms with Crippen LogP contribution in [0, 0.1) is 24.0 Å². The molecule has 112 valence electrons. The van der Waals surface area contributed by atoms with Crippen molar-refractivity contribution in [2.24, 2.45) is 5.14 Å². The highest BCUT2D eigenvalue weighted by atomic mass is 32.2. The van der Waals surface area contributed by atoms with Gasteiger partial charge >= 0.3 is 0 Å². The molecular weight excluding hydrogens is 318 g/mol. The van der Waals surface area contributed by atoms with E-state index in [1.165, 1.54) is 12.1 Å². The van der Waals surface area contributed by atoms with Crippen LogP contribution in [0.3, 0.4) is 0 Å². The van der Waals surface area contributed by atoms with Crippen molar-refractivity contribution in [2.45, 2.75) is 28.9 Å². The number of rotatable bonds is 4. The molecule has 2 rings (SSSR count). The Bertz CT molecular complexity index is 794. The van der Waals surface area contributed by atoms with E-state index in [1.807, 2.05) is 0 Å². The van der Waals surface area contributed by atoms with Crippen LogP contribution in [0.25, 0.3) is 0 Å². The average Bonchev–Trinajstić information content (AvgIpc) is 2.67. The van der Waals surface area contributed by atoms with Crippen LogP contribution in [-0.4, -0.2) is 18.3 Å². The fourth-order valence-electron chi connectivity index (χ4n) is 1.48. The van der Waals surface area contributed by atoms with Crippen LogP contribution in [0.1, 0.15) is 11.5 Å². The maximum absolute atomic E-state index is 11.2. The molecule has 2 aromatic rings. The summed E-state index contributed by atoms with van der Waals surface area (Å²) in [6, 6.07) is 3.42. The van der Waals surface area contributed by atoms with Gasteiger partial charge in [0.15, 0.2) is 0 Å². The molecule has 1 heterocycles. The van der Waals surface area contributed by atoms with Gasteiger partial charge in [-0.15, -0.1) is 0 Å². The first kappa shape index (κ1) is 15.5. The first-order valence-corrected chi connectivity index (χ1v) is 7.98. The number of nitro benzene ring substituents is 1. The molecule has 0 amide bonds. The summed E-state index contributed by atoms with van der Waals surface area (Å²) in [6.45, 7) is 3.48. The molecule has 1 aromatic heterocycles. The fourth-order valence-corrected chi connectivity index (χ4v) is 2.93. The summed E-state index contributed by atoms with van der Waals surface area (Å²) in [5.74, 6) is 0.612. The Morgan fingerprint density at radius 3 is 2.52 bits per heavy atom. The minimum atomic E-state index is -4.00. The summed E-state index contributed by atoms with van der Waals surface area (Å²) in [5.41, 5.74) is 0.307. The maximum Gasteiger partial charge on any atom is 0.284 e. The topological polar surface area (TPSA) is 129 Å². The van der Waals surface area contributed by atoms with Gasteiger partial charge in [0.25, 0.3) is 10.9 Å². The SMILES string of the molecule is Cc1nc(Sc2ccc(S(N)(=O)=O)cc2[N+](=O)[O-])oc1C. The predicted molar refractivity (Wildman–Crippen MR) is 74.6 cm³/mol. The largest absolute Gasteiger partial charge is 0.436 e. The van der Waals surface area contributed by atoms with Crippen molar-refractivity contribution in [2.75, 3.05) is 0 Å². The number of hydrogen-bond acceptors (Lipinski definition) is 7. The zero-order valence-corrected chi connectivity index (χ0v) is 12.7. The zero-order chi connectivity index (χ0) is 15.8. The van der Waals surface area contributed by atoms with E-state index in [0.29, 0.717) is 11.5 Å². The Kier molecular flexibility index (Phi) is 4.03. The van der Waals surface area contributed by atoms with E-state index in [-0.39, 0.29) is 20.7 Å². The van der Waals surface area contributed by atoms with E-state index in [0.717, 1.165) is 17.8 Å². The number of hydrogen-bond donors (Lipinski definition) is 1. The molecule has 0 aliphatic carbocycles. The molecule has 0 saturated carbocycles. The lowest BCUT2D eigenvalue weighted by molar-refractivity contribution is -0.388. The Balaban J connectivity index is 2.46. The van der Waals surface area contributed by atoms with Crippen LogP contribution in [0.4, 0.5) is 5.69 Å². The van der Waals surface area contributed by atoms with Crippen LogP contribution in [0.15, 0.2) is 37.6 Å². The highest BCUT2D eigenvalue weighted by Gasteiger charge is 2.21. The summed E-state index contributed by atoms with van der Waals surface area (Å²) >= 11 is 0.942. The molecular formula is C11H11N3O5S2. The lowest BCUT2D eigenvalue weighted by Gasteiger charge is -2.02. The van der Waals surface area contributed by atoms with E-state index >= 15 is 0 Å². The third-order valence-electron chi connectivity index (χ3n) is 2.66. The van der Waals surface area contributed by atoms with Gasteiger partial charge in [-0.25, -0.2) is 18.5 Å². The second-order valence-corrected chi connectivity index (χ2v) is 6.71. The third kappa shape index (κ3) is 3.40. The number of primary sulfonamides is 1. The molecule has 10 heteroatoms. The number of oxazole rings is 1. The smallest absolute Gasteiger partial charge is 0.284 e. The molecule has 21 heavy (non-hydrogen) atoms. The molecule has 8 nitrogen and oxygen atoms in total. The summed E-state index contributed by atoms with van der Waals surface area (Å²) in [4.78, 5) is 14.4. The summed E-state index contributed by atoms with van der Waals surface area (Å²) in [5, 5.41) is 16.3. The van der Waals surface area contributed by atoms with Gasteiger partial charge in [-0.3, -0.25) is 10.1 Å².